The van der Waals surface area contributed by atoms with Crippen molar-refractivity contribution in [3.05, 3.63) is 35.4 Å². The molecule has 0 aromatic heterocycles. The van der Waals surface area contributed by atoms with Crippen molar-refractivity contribution in [2.45, 2.75) is 31.6 Å². The Morgan fingerprint density at radius 2 is 1.90 bits per heavy atom. The zero-order valence-corrected chi connectivity index (χ0v) is 20.7. The van der Waals surface area contributed by atoms with Crippen LogP contribution in [0.3, 0.4) is 0 Å². The van der Waals surface area contributed by atoms with E-state index in [1.165, 1.54) is 18.2 Å². The number of hydrogen-bond acceptors (Lipinski definition) is 4. The van der Waals surface area contributed by atoms with Crippen molar-refractivity contribution >= 4 is 39.8 Å². The summed E-state index contributed by atoms with van der Waals surface area (Å²) in [7, 11) is 0.318. The molecule has 1 aromatic rings. The van der Waals surface area contributed by atoms with Gasteiger partial charge in [0.05, 0.1) is 23.1 Å². The van der Waals surface area contributed by atoms with Crippen molar-refractivity contribution in [3.63, 3.8) is 0 Å². The van der Waals surface area contributed by atoms with E-state index in [0.717, 1.165) is 0 Å². The number of aliphatic imine (C=N–C) groups is 1. The molecule has 29 heavy (non-hydrogen) atoms. The molecule has 0 amide bonds. The number of guanidine groups is 1. The van der Waals surface area contributed by atoms with Gasteiger partial charge in [0.25, 0.3) is 0 Å². The van der Waals surface area contributed by atoms with Gasteiger partial charge in [-0.05, 0) is 47.0 Å². The Hall–Kier alpha value is -1.01. The Bertz CT molecular complexity index is 811. The second kappa shape index (κ2) is 10.3. The first-order chi connectivity index (χ1) is 13.0. The predicted octanol–water partition coefficient (Wildman–Crippen LogP) is 2.66. The molecule has 6 nitrogen and oxygen atoms in total. The molecule has 1 atom stereocenters. The summed E-state index contributed by atoms with van der Waals surface area (Å²) in [6, 6.07) is 3.23. The van der Waals surface area contributed by atoms with E-state index in [2.05, 4.69) is 10.3 Å². The van der Waals surface area contributed by atoms with Gasteiger partial charge in [0.1, 0.15) is 11.6 Å². The van der Waals surface area contributed by atoms with Gasteiger partial charge in [-0.1, -0.05) is 6.07 Å². The molecular formula is C19H31F2IN4O2S. The van der Waals surface area contributed by atoms with Crippen molar-refractivity contribution < 1.29 is 17.2 Å². The van der Waals surface area contributed by atoms with Crippen LogP contribution in [-0.2, 0) is 9.84 Å². The lowest BCUT2D eigenvalue weighted by molar-refractivity contribution is 0.287. The predicted molar refractivity (Wildman–Crippen MR) is 124 cm³/mol. The molecular weight excluding hydrogens is 513 g/mol. The largest absolute Gasteiger partial charge is 0.357 e. The molecule has 10 heteroatoms. The molecule has 0 aliphatic carbocycles. The van der Waals surface area contributed by atoms with Crippen molar-refractivity contribution in [2.75, 3.05) is 46.0 Å². The maximum Gasteiger partial charge on any atom is 0.194 e. The number of sulfone groups is 1. The maximum absolute atomic E-state index is 14.3. The molecule has 1 aliphatic rings. The molecule has 1 unspecified atom stereocenters. The average molecular weight is 544 g/mol. The molecule has 1 aromatic carbocycles. The zero-order valence-electron chi connectivity index (χ0n) is 17.6. The average Bonchev–Trinajstić information content (AvgIpc) is 2.58. The fraction of sp³-hybridized carbons (Fsp3) is 0.632. The van der Waals surface area contributed by atoms with Gasteiger partial charge in [-0.25, -0.2) is 17.2 Å². The van der Waals surface area contributed by atoms with E-state index in [-0.39, 0.29) is 41.8 Å². The van der Waals surface area contributed by atoms with Crippen LogP contribution in [0.5, 0.6) is 0 Å². The first kappa shape index (κ1) is 26.0. The van der Waals surface area contributed by atoms with Crippen LogP contribution in [0.15, 0.2) is 23.2 Å². The Kier molecular flexibility index (Phi) is 9.28. The van der Waals surface area contributed by atoms with E-state index in [1.54, 1.807) is 32.8 Å². The summed E-state index contributed by atoms with van der Waals surface area (Å²) in [5, 5.41) is 3.17. The zero-order chi connectivity index (χ0) is 21.1. The van der Waals surface area contributed by atoms with Crippen molar-refractivity contribution in [1.29, 1.82) is 0 Å². The second-order valence-corrected chi connectivity index (χ2v) is 10.6. The fourth-order valence-corrected chi connectivity index (χ4v) is 4.63. The third kappa shape index (κ3) is 6.00. The van der Waals surface area contributed by atoms with Crippen molar-refractivity contribution in [2.24, 2.45) is 4.99 Å². The van der Waals surface area contributed by atoms with Gasteiger partial charge in [0.2, 0.25) is 0 Å². The van der Waals surface area contributed by atoms with E-state index < -0.39 is 32.3 Å². The SMILES string of the molecule is CCNC(=NCC(c1c(F)cccc1F)N(C)C)N1CCS(=O)(=O)C(C)(C)C1.I. The van der Waals surface area contributed by atoms with E-state index >= 15 is 0 Å². The number of benzene rings is 1. The van der Waals surface area contributed by atoms with Crippen LogP contribution in [0.4, 0.5) is 8.78 Å². The van der Waals surface area contributed by atoms with E-state index in [1.807, 2.05) is 11.8 Å². The normalized spacial score (nSPS) is 19.6. The van der Waals surface area contributed by atoms with Gasteiger partial charge < -0.3 is 15.1 Å². The minimum absolute atomic E-state index is 0. The molecule has 0 bridgehead atoms. The van der Waals surface area contributed by atoms with Gasteiger partial charge in [-0.2, -0.15) is 0 Å². The topological polar surface area (TPSA) is 65.0 Å². The molecule has 1 N–H and O–H groups in total. The van der Waals surface area contributed by atoms with Crippen LogP contribution < -0.4 is 5.32 Å². The number of nitrogens with zero attached hydrogens (tertiary/aromatic N) is 3. The Morgan fingerprint density at radius 3 is 2.38 bits per heavy atom. The van der Waals surface area contributed by atoms with Crippen molar-refractivity contribution in [1.82, 2.24) is 15.1 Å². The lowest BCUT2D eigenvalue weighted by Crippen LogP contribution is -2.57. The minimum atomic E-state index is -3.17. The van der Waals surface area contributed by atoms with Crippen LogP contribution in [0.2, 0.25) is 0 Å². The smallest absolute Gasteiger partial charge is 0.194 e. The third-order valence-corrected chi connectivity index (χ3v) is 7.58. The Balaban J connectivity index is 0.00000420. The van der Waals surface area contributed by atoms with Crippen LogP contribution in [0.1, 0.15) is 32.4 Å². The summed E-state index contributed by atoms with van der Waals surface area (Å²) in [5.41, 5.74) is -0.0198. The van der Waals surface area contributed by atoms with E-state index in [9.17, 15) is 17.2 Å². The Morgan fingerprint density at radius 1 is 1.31 bits per heavy atom. The number of rotatable bonds is 5. The molecule has 1 aliphatic heterocycles. The highest BCUT2D eigenvalue weighted by Crippen LogP contribution is 2.26. The number of halogens is 3. The maximum atomic E-state index is 14.3. The summed E-state index contributed by atoms with van der Waals surface area (Å²) in [5.74, 6) is -0.619. The first-order valence-electron chi connectivity index (χ1n) is 9.36. The van der Waals surface area contributed by atoms with Gasteiger partial charge in [0, 0.05) is 25.2 Å². The van der Waals surface area contributed by atoms with Crippen LogP contribution >= 0.6 is 24.0 Å². The standard InChI is InChI=1S/C19H30F2N4O2S.HI/c1-6-22-18(25-10-11-28(26,27)19(2,3)13-25)23-12-16(24(4)5)17-14(20)8-7-9-15(17)21;/h7-9,16H,6,10-13H2,1-5H3,(H,22,23);1H. The van der Waals surface area contributed by atoms with E-state index in [0.29, 0.717) is 25.6 Å². The van der Waals surface area contributed by atoms with Gasteiger partial charge in [0.15, 0.2) is 15.8 Å². The molecule has 1 saturated heterocycles. The van der Waals surface area contributed by atoms with Crippen LogP contribution in [0.25, 0.3) is 0 Å². The fourth-order valence-electron chi connectivity index (χ4n) is 3.27. The highest BCUT2D eigenvalue weighted by molar-refractivity contribution is 14.0. The highest BCUT2D eigenvalue weighted by atomic mass is 127. The van der Waals surface area contributed by atoms with E-state index in [4.69, 9.17) is 0 Å². The Labute approximate surface area is 189 Å². The van der Waals surface area contributed by atoms with Crippen LogP contribution in [0, 0.1) is 11.6 Å². The summed E-state index contributed by atoms with van der Waals surface area (Å²) < 4.78 is 52.2. The molecule has 166 valence electrons. The first-order valence-corrected chi connectivity index (χ1v) is 11.0. The quantitative estimate of drug-likeness (QED) is 0.351. The molecule has 0 radical (unpaired) electrons. The summed E-state index contributed by atoms with van der Waals surface area (Å²) in [6.07, 6.45) is 0. The monoisotopic (exact) mass is 544 g/mol. The lowest BCUT2D eigenvalue weighted by Gasteiger charge is -2.39. The minimum Gasteiger partial charge on any atom is -0.357 e. The number of likely N-dealkylation sites (N-methyl/N-ethyl adjacent to an activating group) is 1. The van der Waals surface area contributed by atoms with Gasteiger partial charge in [-0.3, -0.25) is 4.99 Å². The third-order valence-electron chi connectivity index (χ3n) is 5.05. The number of hydrogen-bond donors (Lipinski definition) is 1. The lowest BCUT2D eigenvalue weighted by atomic mass is 10.0. The number of nitrogens with one attached hydrogen (secondary N) is 1. The summed E-state index contributed by atoms with van der Waals surface area (Å²) in [6.45, 7) is 6.70. The second-order valence-electron chi connectivity index (χ2n) is 7.81. The van der Waals surface area contributed by atoms with Crippen LogP contribution in [-0.4, -0.2) is 75.0 Å². The molecule has 1 fully saturated rings. The van der Waals surface area contributed by atoms with Crippen molar-refractivity contribution in [3.8, 4) is 0 Å². The highest BCUT2D eigenvalue weighted by Gasteiger charge is 2.41. The molecule has 0 spiro atoms. The van der Waals surface area contributed by atoms with Gasteiger partial charge in [-0.15, -0.1) is 24.0 Å². The molecule has 2 rings (SSSR count). The van der Waals surface area contributed by atoms with Gasteiger partial charge >= 0.3 is 0 Å². The molecule has 1 heterocycles. The molecule has 0 saturated carbocycles. The summed E-state index contributed by atoms with van der Waals surface area (Å²) in [4.78, 5) is 8.21. The summed E-state index contributed by atoms with van der Waals surface area (Å²) >= 11 is 0.